The molecular weight excluding hydrogens is 318 g/mol. The molecule has 2 bridgehead atoms. The Labute approximate surface area is 129 Å². The first-order valence-corrected chi connectivity index (χ1v) is 9.02. The molecule has 1 nitrogen and oxygen atoms in total. The number of hydrogen-bond acceptors (Lipinski definition) is 2. The predicted molar refractivity (Wildman–Crippen MR) is 86.6 cm³/mol. The van der Waals surface area contributed by atoms with Gasteiger partial charge in [0.05, 0.1) is 0 Å². The molecule has 3 rings (SSSR count). The smallest absolute Gasteiger partial charge is 0.0399 e. The van der Waals surface area contributed by atoms with E-state index in [0.717, 1.165) is 5.92 Å². The fourth-order valence-corrected chi connectivity index (χ4v) is 6.18. The Morgan fingerprint density at radius 2 is 2.16 bits per heavy atom. The summed E-state index contributed by atoms with van der Waals surface area (Å²) < 4.78 is 1.25. The van der Waals surface area contributed by atoms with Crippen LogP contribution >= 0.6 is 27.3 Å². The third kappa shape index (κ3) is 1.96. The minimum Gasteiger partial charge on any atom is -0.306 e. The Morgan fingerprint density at radius 3 is 2.63 bits per heavy atom. The van der Waals surface area contributed by atoms with Gasteiger partial charge in [-0.2, -0.15) is 0 Å². The average Bonchev–Trinajstić information content (AvgIpc) is 2.90. The lowest BCUT2D eigenvalue weighted by atomic mass is 9.69. The molecule has 2 aliphatic carbocycles. The molecule has 106 valence electrons. The second-order valence-corrected chi connectivity index (χ2v) is 8.99. The van der Waals surface area contributed by atoms with Gasteiger partial charge in [0.1, 0.15) is 0 Å². The van der Waals surface area contributed by atoms with Crippen molar-refractivity contribution >= 4 is 27.3 Å². The maximum absolute atomic E-state index is 3.93. The SMILES string of the molecule is CC(NC1CC2CCC1(C)C2(C)C)c1sccc1Br. The van der Waals surface area contributed by atoms with E-state index in [2.05, 4.69) is 60.4 Å². The molecule has 1 N–H and O–H groups in total. The Morgan fingerprint density at radius 1 is 1.42 bits per heavy atom. The molecule has 0 spiro atoms. The summed E-state index contributed by atoms with van der Waals surface area (Å²) in [6.45, 7) is 9.78. The Bertz CT molecular complexity index is 481. The lowest BCUT2D eigenvalue weighted by Gasteiger charge is -2.40. The van der Waals surface area contributed by atoms with Gasteiger partial charge in [0, 0.05) is 21.4 Å². The zero-order valence-corrected chi connectivity index (χ0v) is 14.7. The first kappa shape index (κ1) is 14.1. The Kier molecular flexibility index (Phi) is 3.39. The highest BCUT2D eigenvalue weighted by Crippen LogP contribution is 2.65. The van der Waals surface area contributed by atoms with Crippen LogP contribution in [0, 0.1) is 16.7 Å². The summed E-state index contributed by atoms with van der Waals surface area (Å²) in [4.78, 5) is 1.43. The molecule has 0 amide bonds. The van der Waals surface area contributed by atoms with Crippen molar-refractivity contribution < 1.29 is 0 Å². The third-order valence-corrected chi connectivity index (χ3v) is 8.34. The fraction of sp³-hybridized carbons (Fsp3) is 0.750. The Balaban J connectivity index is 1.77. The van der Waals surface area contributed by atoms with Crippen LogP contribution in [0.1, 0.15) is 57.9 Å². The molecule has 1 heterocycles. The van der Waals surface area contributed by atoms with E-state index in [1.54, 1.807) is 0 Å². The van der Waals surface area contributed by atoms with Crippen molar-refractivity contribution in [3.05, 3.63) is 20.8 Å². The van der Waals surface area contributed by atoms with Crippen LogP contribution in [0.2, 0.25) is 0 Å². The van der Waals surface area contributed by atoms with Crippen LogP contribution in [0.3, 0.4) is 0 Å². The first-order chi connectivity index (χ1) is 8.86. The minimum atomic E-state index is 0.450. The van der Waals surface area contributed by atoms with Crippen molar-refractivity contribution in [2.24, 2.45) is 16.7 Å². The van der Waals surface area contributed by atoms with Crippen molar-refractivity contribution in [3.8, 4) is 0 Å². The number of nitrogens with one attached hydrogen (secondary N) is 1. The molecule has 4 atom stereocenters. The summed E-state index contributed by atoms with van der Waals surface area (Å²) in [5.74, 6) is 0.911. The van der Waals surface area contributed by atoms with E-state index in [9.17, 15) is 0 Å². The van der Waals surface area contributed by atoms with Crippen LogP contribution in [0.4, 0.5) is 0 Å². The quantitative estimate of drug-likeness (QED) is 0.778. The molecular formula is C16H24BrNS. The van der Waals surface area contributed by atoms with Crippen LogP contribution in [-0.4, -0.2) is 6.04 Å². The third-order valence-electron chi connectivity index (χ3n) is 6.28. The molecule has 2 fully saturated rings. The molecule has 0 aromatic carbocycles. The molecule has 4 unspecified atom stereocenters. The van der Waals surface area contributed by atoms with E-state index in [4.69, 9.17) is 0 Å². The van der Waals surface area contributed by atoms with Crippen LogP contribution in [0.15, 0.2) is 15.9 Å². The lowest BCUT2D eigenvalue weighted by Crippen LogP contribution is -2.45. The average molecular weight is 342 g/mol. The van der Waals surface area contributed by atoms with Gasteiger partial charge in [0.15, 0.2) is 0 Å². The molecule has 2 aliphatic rings. The number of rotatable bonds is 3. The van der Waals surface area contributed by atoms with E-state index < -0.39 is 0 Å². The summed E-state index contributed by atoms with van der Waals surface area (Å²) in [5.41, 5.74) is 0.965. The van der Waals surface area contributed by atoms with Crippen molar-refractivity contribution in [1.29, 1.82) is 0 Å². The zero-order chi connectivity index (χ0) is 13.8. The van der Waals surface area contributed by atoms with E-state index in [1.807, 2.05) is 11.3 Å². The molecule has 0 radical (unpaired) electrons. The highest BCUT2D eigenvalue weighted by molar-refractivity contribution is 9.10. The lowest BCUT2D eigenvalue weighted by molar-refractivity contribution is 0.116. The van der Waals surface area contributed by atoms with Gasteiger partial charge in [-0.3, -0.25) is 0 Å². The van der Waals surface area contributed by atoms with Gasteiger partial charge in [-0.1, -0.05) is 20.8 Å². The maximum atomic E-state index is 3.93. The van der Waals surface area contributed by atoms with E-state index >= 15 is 0 Å². The highest BCUT2D eigenvalue weighted by atomic mass is 79.9. The van der Waals surface area contributed by atoms with Crippen LogP contribution in [0.25, 0.3) is 0 Å². The van der Waals surface area contributed by atoms with E-state index in [1.165, 1.54) is 28.6 Å². The second kappa shape index (κ2) is 4.57. The molecule has 3 heteroatoms. The van der Waals surface area contributed by atoms with Gasteiger partial charge in [0.2, 0.25) is 0 Å². The van der Waals surface area contributed by atoms with Crippen LogP contribution in [-0.2, 0) is 0 Å². The number of thiophene rings is 1. The van der Waals surface area contributed by atoms with Crippen molar-refractivity contribution in [2.75, 3.05) is 0 Å². The summed E-state index contributed by atoms with van der Waals surface area (Å²) in [5, 5.41) is 6.10. The van der Waals surface area contributed by atoms with Gasteiger partial charge in [-0.05, 0) is 70.3 Å². The summed E-state index contributed by atoms with van der Waals surface area (Å²) in [7, 11) is 0. The molecule has 1 aromatic heterocycles. The molecule has 2 saturated carbocycles. The number of hydrogen-bond donors (Lipinski definition) is 1. The summed E-state index contributed by atoms with van der Waals surface area (Å²) in [6, 6.07) is 3.28. The highest BCUT2D eigenvalue weighted by Gasteiger charge is 2.61. The summed E-state index contributed by atoms with van der Waals surface area (Å²) >= 11 is 5.51. The molecule has 0 saturated heterocycles. The van der Waals surface area contributed by atoms with Gasteiger partial charge in [-0.25, -0.2) is 0 Å². The summed E-state index contributed by atoms with van der Waals surface area (Å²) in [6.07, 6.45) is 4.18. The van der Waals surface area contributed by atoms with Gasteiger partial charge in [0.25, 0.3) is 0 Å². The van der Waals surface area contributed by atoms with E-state index in [0.29, 0.717) is 22.9 Å². The van der Waals surface area contributed by atoms with Crippen LogP contribution in [0.5, 0.6) is 0 Å². The van der Waals surface area contributed by atoms with Gasteiger partial charge in [-0.15, -0.1) is 11.3 Å². The number of halogens is 1. The monoisotopic (exact) mass is 341 g/mol. The fourth-order valence-electron chi connectivity index (χ4n) is 4.45. The molecule has 0 aliphatic heterocycles. The second-order valence-electron chi connectivity index (χ2n) is 7.18. The molecule has 1 aromatic rings. The minimum absolute atomic E-state index is 0.450. The molecule has 19 heavy (non-hydrogen) atoms. The normalized spacial score (nSPS) is 37.7. The first-order valence-electron chi connectivity index (χ1n) is 7.35. The maximum Gasteiger partial charge on any atom is 0.0399 e. The predicted octanol–water partition coefficient (Wildman–Crippen LogP) is 5.38. The van der Waals surface area contributed by atoms with Crippen molar-refractivity contribution in [3.63, 3.8) is 0 Å². The topological polar surface area (TPSA) is 12.0 Å². The standard InChI is InChI=1S/C16H24BrNS/c1-10(14-12(17)6-8-19-14)18-13-9-11-5-7-16(13,4)15(11,2)3/h6,8,10-11,13,18H,5,7,9H2,1-4H3. The van der Waals surface area contributed by atoms with E-state index in [-0.39, 0.29) is 0 Å². The Hall–Kier alpha value is 0.140. The van der Waals surface area contributed by atoms with Crippen molar-refractivity contribution in [2.45, 2.75) is 59.0 Å². The zero-order valence-electron chi connectivity index (χ0n) is 12.3. The largest absolute Gasteiger partial charge is 0.306 e. The number of fused-ring (bicyclic) bond motifs is 2. The van der Waals surface area contributed by atoms with Crippen molar-refractivity contribution in [1.82, 2.24) is 5.32 Å². The van der Waals surface area contributed by atoms with Crippen LogP contribution < -0.4 is 5.32 Å². The van der Waals surface area contributed by atoms with Gasteiger partial charge >= 0.3 is 0 Å². The van der Waals surface area contributed by atoms with Gasteiger partial charge < -0.3 is 5.32 Å².